The summed E-state index contributed by atoms with van der Waals surface area (Å²) in [6.07, 6.45) is 2.35. The van der Waals surface area contributed by atoms with Crippen LogP contribution >= 0.6 is 11.6 Å². The van der Waals surface area contributed by atoms with Gasteiger partial charge in [0.1, 0.15) is 5.39 Å². The normalized spacial score (nSPS) is 14.1. The van der Waals surface area contributed by atoms with Crippen LogP contribution in [0.25, 0.3) is 11.0 Å². The second kappa shape index (κ2) is 7.01. The fraction of sp³-hybridized carbons (Fsp3) is 0.421. The molecule has 8 nitrogen and oxygen atoms in total. The summed E-state index contributed by atoms with van der Waals surface area (Å²) < 4.78 is 13.1. The largest absolute Gasteiger partial charge is 0.489 e. The Labute approximate surface area is 166 Å². The zero-order chi connectivity index (χ0) is 19.9. The van der Waals surface area contributed by atoms with Gasteiger partial charge in [0, 0.05) is 13.0 Å². The van der Waals surface area contributed by atoms with Gasteiger partial charge < -0.3 is 14.8 Å². The van der Waals surface area contributed by atoms with Crippen LogP contribution in [0, 0.1) is 0 Å². The van der Waals surface area contributed by atoms with Crippen molar-refractivity contribution >= 4 is 28.6 Å². The van der Waals surface area contributed by atoms with Gasteiger partial charge in [-0.2, -0.15) is 10.1 Å². The molecule has 0 amide bonds. The molecule has 0 aliphatic carbocycles. The zero-order valence-corrected chi connectivity index (χ0v) is 16.8. The predicted molar refractivity (Wildman–Crippen MR) is 108 cm³/mol. The topological polar surface area (TPSA) is 94.1 Å². The molecule has 0 atom stereocenters. The van der Waals surface area contributed by atoms with E-state index >= 15 is 0 Å². The van der Waals surface area contributed by atoms with Crippen molar-refractivity contribution < 1.29 is 9.47 Å². The van der Waals surface area contributed by atoms with E-state index in [0.717, 1.165) is 12.0 Å². The molecule has 2 N–H and O–H groups in total. The third-order valence-corrected chi connectivity index (χ3v) is 4.68. The Morgan fingerprint density at radius 3 is 2.86 bits per heavy atom. The van der Waals surface area contributed by atoms with Crippen molar-refractivity contribution in [2.24, 2.45) is 0 Å². The molecular weight excluding hydrogens is 382 g/mol. The average molecular weight is 404 g/mol. The molecule has 28 heavy (non-hydrogen) atoms. The number of hydrogen-bond acceptors (Lipinski definition) is 6. The predicted octanol–water partition coefficient (Wildman–Crippen LogP) is 3.30. The minimum absolute atomic E-state index is 0.236. The summed E-state index contributed by atoms with van der Waals surface area (Å²) in [5.74, 6) is 1.57. The van der Waals surface area contributed by atoms with E-state index in [0.29, 0.717) is 53.3 Å². The first-order chi connectivity index (χ1) is 13.3. The van der Waals surface area contributed by atoms with Gasteiger partial charge in [0.05, 0.1) is 30.0 Å². The van der Waals surface area contributed by atoms with Gasteiger partial charge in [-0.15, -0.1) is 0 Å². The van der Waals surface area contributed by atoms with Crippen LogP contribution in [0.1, 0.15) is 32.8 Å². The van der Waals surface area contributed by atoms with Crippen LogP contribution < -0.4 is 20.3 Å². The molecular formula is C19H22ClN5O3. The van der Waals surface area contributed by atoms with Crippen LogP contribution in [0.4, 0.5) is 5.95 Å². The number of aromatic nitrogens is 4. The van der Waals surface area contributed by atoms with E-state index in [9.17, 15) is 4.79 Å². The van der Waals surface area contributed by atoms with Gasteiger partial charge >= 0.3 is 0 Å². The van der Waals surface area contributed by atoms with E-state index in [1.54, 1.807) is 10.9 Å². The van der Waals surface area contributed by atoms with Crippen molar-refractivity contribution in [2.45, 2.75) is 39.3 Å². The van der Waals surface area contributed by atoms with E-state index in [1.165, 1.54) is 0 Å². The molecule has 3 aromatic rings. The summed E-state index contributed by atoms with van der Waals surface area (Å²) in [5, 5.41) is 8.42. The number of H-pyrrole nitrogens is 1. The molecule has 1 aromatic carbocycles. The Morgan fingerprint density at radius 1 is 1.29 bits per heavy atom. The van der Waals surface area contributed by atoms with E-state index in [2.05, 4.69) is 20.4 Å². The minimum atomic E-state index is -0.290. The molecule has 4 rings (SSSR count). The van der Waals surface area contributed by atoms with Gasteiger partial charge in [-0.25, -0.2) is 4.68 Å². The highest BCUT2D eigenvalue weighted by Crippen LogP contribution is 2.38. The molecule has 148 valence electrons. The molecule has 1 aliphatic rings. The molecule has 0 unspecified atom stereocenters. The standard InChI is InChI=1S/C19H22ClN5O3/c1-19(2,3)25-16-12(10-22-25)17(26)24-18(23-16)21-9-11-7-13(20)15-14(8-11)27-5-4-6-28-15/h7-8,10H,4-6,9H2,1-3H3,(H2,21,23,24,26). The van der Waals surface area contributed by atoms with E-state index in [4.69, 9.17) is 21.1 Å². The highest BCUT2D eigenvalue weighted by molar-refractivity contribution is 6.32. The van der Waals surface area contributed by atoms with Gasteiger partial charge in [0.15, 0.2) is 17.1 Å². The van der Waals surface area contributed by atoms with E-state index in [-0.39, 0.29) is 11.1 Å². The van der Waals surface area contributed by atoms with Crippen molar-refractivity contribution in [3.05, 3.63) is 39.3 Å². The summed E-state index contributed by atoms with van der Waals surface area (Å²) in [7, 11) is 0. The Kier molecular flexibility index (Phi) is 4.66. The van der Waals surface area contributed by atoms with Gasteiger partial charge in [-0.05, 0) is 38.5 Å². The number of nitrogens with one attached hydrogen (secondary N) is 2. The summed E-state index contributed by atoms with van der Waals surface area (Å²) in [6.45, 7) is 7.60. The molecule has 0 saturated carbocycles. The summed E-state index contributed by atoms with van der Waals surface area (Å²) >= 11 is 6.34. The van der Waals surface area contributed by atoms with Crippen molar-refractivity contribution in [3.8, 4) is 11.5 Å². The Hall–Kier alpha value is -2.74. The maximum atomic E-state index is 12.4. The lowest BCUT2D eigenvalue weighted by atomic mass is 10.1. The monoisotopic (exact) mass is 403 g/mol. The van der Waals surface area contributed by atoms with Crippen molar-refractivity contribution in [1.82, 2.24) is 19.7 Å². The minimum Gasteiger partial charge on any atom is -0.489 e. The van der Waals surface area contributed by atoms with Crippen LogP contribution in [0.2, 0.25) is 5.02 Å². The quantitative estimate of drug-likeness (QED) is 0.696. The smallest absolute Gasteiger partial charge is 0.263 e. The third-order valence-electron chi connectivity index (χ3n) is 4.40. The fourth-order valence-corrected chi connectivity index (χ4v) is 3.35. The average Bonchev–Trinajstić information content (AvgIpc) is 2.92. The molecule has 0 bridgehead atoms. The number of anilines is 1. The van der Waals surface area contributed by atoms with Gasteiger partial charge in [-0.1, -0.05) is 11.6 Å². The molecule has 0 spiro atoms. The zero-order valence-electron chi connectivity index (χ0n) is 16.0. The summed E-state index contributed by atoms with van der Waals surface area (Å²) in [4.78, 5) is 19.7. The van der Waals surface area contributed by atoms with E-state index < -0.39 is 0 Å². The van der Waals surface area contributed by atoms with Gasteiger partial charge in [0.2, 0.25) is 5.95 Å². The molecule has 0 fully saturated rings. The lowest BCUT2D eigenvalue weighted by molar-refractivity contribution is 0.297. The van der Waals surface area contributed by atoms with E-state index in [1.807, 2.05) is 32.9 Å². The second-order valence-corrected chi connectivity index (χ2v) is 8.10. The Balaban J connectivity index is 1.62. The number of rotatable bonds is 3. The number of halogens is 1. The molecule has 2 aromatic heterocycles. The van der Waals surface area contributed by atoms with Gasteiger partial charge in [-0.3, -0.25) is 9.78 Å². The first-order valence-corrected chi connectivity index (χ1v) is 9.51. The third kappa shape index (κ3) is 3.52. The SMILES string of the molecule is CC(C)(C)n1ncc2c(=O)[nH]c(NCc3cc(Cl)c4c(c3)OCCCO4)nc21. The molecule has 3 heterocycles. The van der Waals surface area contributed by atoms with Crippen LogP contribution in [0.3, 0.4) is 0 Å². The second-order valence-electron chi connectivity index (χ2n) is 7.69. The maximum absolute atomic E-state index is 12.4. The van der Waals surface area contributed by atoms with Crippen molar-refractivity contribution in [3.63, 3.8) is 0 Å². The molecule has 1 aliphatic heterocycles. The highest BCUT2D eigenvalue weighted by atomic mass is 35.5. The summed E-state index contributed by atoms with van der Waals surface area (Å²) in [5.41, 5.74) is 0.901. The first kappa shape index (κ1) is 18.6. The number of fused-ring (bicyclic) bond motifs is 2. The number of ether oxygens (including phenoxy) is 2. The molecule has 9 heteroatoms. The van der Waals surface area contributed by atoms with Crippen molar-refractivity contribution in [2.75, 3.05) is 18.5 Å². The maximum Gasteiger partial charge on any atom is 0.263 e. The molecule has 0 saturated heterocycles. The molecule has 0 radical (unpaired) electrons. The summed E-state index contributed by atoms with van der Waals surface area (Å²) in [6, 6.07) is 3.70. The first-order valence-electron chi connectivity index (χ1n) is 9.13. The number of aromatic amines is 1. The number of benzene rings is 1. The Morgan fingerprint density at radius 2 is 2.07 bits per heavy atom. The van der Waals surface area contributed by atoms with Crippen LogP contribution in [0.5, 0.6) is 11.5 Å². The number of hydrogen-bond donors (Lipinski definition) is 2. The number of nitrogens with zero attached hydrogens (tertiary/aromatic N) is 3. The lowest BCUT2D eigenvalue weighted by Gasteiger charge is -2.19. The highest BCUT2D eigenvalue weighted by Gasteiger charge is 2.20. The Bertz CT molecular complexity index is 1080. The van der Waals surface area contributed by atoms with Crippen LogP contribution in [-0.4, -0.2) is 33.0 Å². The lowest BCUT2D eigenvalue weighted by Crippen LogP contribution is -2.24. The van der Waals surface area contributed by atoms with Gasteiger partial charge in [0.25, 0.3) is 5.56 Å². The van der Waals surface area contributed by atoms with Crippen LogP contribution in [-0.2, 0) is 12.1 Å². The van der Waals surface area contributed by atoms with Crippen molar-refractivity contribution in [1.29, 1.82) is 0 Å². The fourth-order valence-electron chi connectivity index (χ4n) is 3.07. The van der Waals surface area contributed by atoms with Crippen LogP contribution in [0.15, 0.2) is 23.1 Å².